The lowest BCUT2D eigenvalue weighted by molar-refractivity contribution is -0.132. The maximum absolute atomic E-state index is 14.0. The van der Waals surface area contributed by atoms with Crippen LogP contribution in [0.2, 0.25) is 5.02 Å². The fourth-order valence-corrected chi connectivity index (χ4v) is 6.62. The summed E-state index contributed by atoms with van der Waals surface area (Å²) in [6, 6.07) is 16.2. The second-order valence-electron chi connectivity index (χ2n) is 14.5. The molecule has 0 aliphatic carbocycles. The molecule has 5 N–H and O–H groups in total. The Bertz CT molecular complexity index is 1620. The van der Waals surface area contributed by atoms with Crippen molar-refractivity contribution >= 4 is 40.9 Å². The molecular formula is C39H50Cl2N4O7. The Morgan fingerprint density at radius 3 is 2.27 bits per heavy atom. The van der Waals surface area contributed by atoms with Gasteiger partial charge in [0.15, 0.2) is 0 Å². The van der Waals surface area contributed by atoms with Crippen LogP contribution in [0, 0.1) is 17.3 Å². The van der Waals surface area contributed by atoms with Crippen LogP contribution in [0.5, 0.6) is 5.88 Å². The zero-order valence-electron chi connectivity index (χ0n) is 30.3. The van der Waals surface area contributed by atoms with Gasteiger partial charge in [-0.1, -0.05) is 81.8 Å². The Kier molecular flexibility index (Phi) is 14.9. The molecule has 4 rings (SSSR count). The molecule has 0 radical (unpaired) electrons. The number of aliphatic hydroxyl groups is 2. The first-order chi connectivity index (χ1) is 24.7. The molecule has 0 unspecified atom stereocenters. The van der Waals surface area contributed by atoms with Gasteiger partial charge in [0.25, 0.3) is 0 Å². The van der Waals surface area contributed by atoms with Crippen LogP contribution in [-0.2, 0) is 32.0 Å². The third kappa shape index (κ3) is 11.4. The van der Waals surface area contributed by atoms with Crippen molar-refractivity contribution < 1.29 is 34.1 Å². The normalized spacial score (nSPS) is 19.8. The first-order valence-corrected chi connectivity index (χ1v) is 18.3. The summed E-state index contributed by atoms with van der Waals surface area (Å²) in [5.74, 6) is -2.09. The van der Waals surface area contributed by atoms with Gasteiger partial charge in [-0.15, -0.1) is 11.6 Å². The van der Waals surface area contributed by atoms with Gasteiger partial charge in [0.1, 0.15) is 11.9 Å². The molecule has 282 valence electrons. The van der Waals surface area contributed by atoms with E-state index in [0.717, 1.165) is 22.3 Å². The molecule has 2 aromatic carbocycles. The first kappa shape index (κ1) is 41.0. The van der Waals surface area contributed by atoms with Gasteiger partial charge in [-0.3, -0.25) is 14.4 Å². The highest BCUT2D eigenvalue weighted by molar-refractivity contribution is 6.31. The van der Waals surface area contributed by atoms with Crippen molar-refractivity contribution in [2.75, 3.05) is 26.2 Å². The molecular weight excluding hydrogens is 707 g/mol. The van der Waals surface area contributed by atoms with Crippen LogP contribution in [0.15, 0.2) is 66.9 Å². The number of alkyl halides is 1. The van der Waals surface area contributed by atoms with Gasteiger partial charge in [0.2, 0.25) is 23.6 Å². The summed E-state index contributed by atoms with van der Waals surface area (Å²) in [5.41, 5.74) is 2.65. The van der Waals surface area contributed by atoms with E-state index >= 15 is 0 Å². The van der Waals surface area contributed by atoms with Gasteiger partial charge in [-0.25, -0.2) is 4.98 Å². The standard InChI is InChI=1S/C39H50Cl2N4O7/c1-23-21-52-22-32(47)35(23)45-37(49)28(17-26-8-6-7-9-29(26)41)18-31(46)30(43-38(50)36(39(2,3)4)44-33(48)19-40)16-24-10-12-25(13-11-24)27-14-15-34(51-5)42-20-27/h6-15,20,23,28,30-32,35-36,46-47H,16-19,21-22H2,1-5H3,(H,43,50)(H,44,48)(H,45,49)/t23-,28-,30+,31+,32-,35+,36-/m1/s1. The number of aromatic nitrogens is 1. The second-order valence-corrected chi connectivity index (χ2v) is 15.2. The van der Waals surface area contributed by atoms with E-state index < -0.39 is 53.5 Å². The van der Waals surface area contributed by atoms with Gasteiger partial charge >= 0.3 is 0 Å². The van der Waals surface area contributed by atoms with Crippen molar-refractivity contribution in [3.63, 3.8) is 0 Å². The van der Waals surface area contributed by atoms with E-state index in [1.165, 1.54) is 0 Å². The van der Waals surface area contributed by atoms with Gasteiger partial charge in [-0.05, 0) is 53.5 Å². The zero-order valence-corrected chi connectivity index (χ0v) is 31.8. The Morgan fingerprint density at radius 1 is 0.981 bits per heavy atom. The van der Waals surface area contributed by atoms with E-state index in [0.29, 0.717) is 17.5 Å². The minimum absolute atomic E-state index is 0.0421. The molecule has 1 saturated heterocycles. The third-order valence-corrected chi connectivity index (χ3v) is 9.97. The van der Waals surface area contributed by atoms with Crippen LogP contribution >= 0.6 is 23.2 Å². The molecule has 1 fully saturated rings. The van der Waals surface area contributed by atoms with Gasteiger partial charge in [-0.2, -0.15) is 0 Å². The predicted molar refractivity (Wildman–Crippen MR) is 201 cm³/mol. The molecule has 0 bridgehead atoms. The number of carbonyl (C=O) groups is 3. The van der Waals surface area contributed by atoms with Gasteiger partial charge in [0, 0.05) is 34.7 Å². The van der Waals surface area contributed by atoms with E-state index in [1.54, 1.807) is 31.5 Å². The minimum Gasteiger partial charge on any atom is -0.481 e. The Morgan fingerprint density at radius 2 is 1.67 bits per heavy atom. The number of hydrogen-bond donors (Lipinski definition) is 5. The minimum atomic E-state index is -1.21. The molecule has 2 heterocycles. The van der Waals surface area contributed by atoms with Crippen LogP contribution in [0.4, 0.5) is 0 Å². The molecule has 1 aromatic heterocycles. The topological polar surface area (TPSA) is 159 Å². The Balaban J connectivity index is 1.64. The monoisotopic (exact) mass is 756 g/mol. The number of hydrogen-bond acceptors (Lipinski definition) is 8. The summed E-state index contributed by atoms with van der Waals surface area (Å²) in [4.78, 5) is 44.5. The number of nitrogens with zero attached hydrogens (tertiary/aromatic N) is 1. The Labute approximate surface area is 315 Å². The molecule has 1 aliphatic rings. The van der Waals surface area contributed by atoms with Crippen molar-refractivity contribution in [1.29, 1.82) is 0 Å². The number of carbonyl (C=O) groups excluding carboxylic acids is 3. The number of rotatable bonds is 15. The summed E-state index contributed by atoms with van der Waals surface area (Å²) in [6.07, 6.45) is -0.0110. The molecule has 7 atom stereocenters. The molecule has 52 heavy (non-hydrogen) atoms. The third-order valence-electron chi connectivity index (χ3n) is 9.36. The first-order valence-electron chi connectivity index (χ1n) is 17.4. The van der Waals surface area contributed by atoms with E-state index in [2.05, 4.69) is 20.9 Å². The van der Waals surface area contributed by atoms with Gasteiger partial charge < -0.3 is 35.6 Å². The van der Waals surface area contributed by atoms with Gasteiger partial charge in [0.05, 0.1) is 44.6 Å². The number of methoxy groups -OCH3 is 1. The summed E-state index contributed by atoms with van der Waals surface area (Å²) in [7, 11) is 1.55. The largest absolute Gasteiger partial charge is 0.481 e. The molecule has 1 aliphatic heterocycles. The average Bonchev–Trinajstić information content (AvgIpc) is 3.12. The summed E-state index contributed by atoms with van der Waals surface area (Å²) in [5, 5.41) is 31.8. The molecule has 3 aromatic rings. The highest BCUT2D eigenvalue weighted by atomic mass is 35.5. The molecule has 11 nitrogen and oxygen atoms in total. The van der Waals surface area contributed by atoms with Crippen molar-refractivity contribution in [3.8, 4) is 17.0 Å². The zero-order chi connectivity index (χ0) is 38.0. The number of ether oxygens (including phenoxy) is 2. The van der Waals surface area contributed by atoms with E-state index in [1.807, 2.05) is 70.2 Å². The lowest BCUT2D eigenvalue weighted by Crippen LogP contribution is -2.58. The molecule has 0 spiro atoms. The van der Waals surface area contributed by atoms with Crippen LogP contribution in [-0.4, -0.2) is 89.5 Å². The van der Waals surface area contributed by atoms with Crippen molar-refractivity contribution in [3.05, 3.63) is 83.0 Å². The number of amides is 3. The SMILES string of the molecule is COc1ccc(-c2ccc(C[C@H](NC(=O)[C@@H](NC(=O)CCl)C(C)(C)C)[C@@H](O)C[C@@H](Cc3ccccc3Cl)C(=O)N[C@H]3[C@H](C)COC[C@H]3O)cc2)cn1. The molecule has 0 saturated carbocycles. The van der Waals surface area contributed by atoms with E-state index in [-0.39, 0.29) is 43.6 Å². The molecule has 3 amide bonds. The lowest BCUT2D eigenvalue weighted by Gasteiger charge is -2.36. The maximum Gasteiger partial charge on any atom is 0.243 e. The fraction of sp³-hybridized carbons (Fsp3) is 0.487. The summed E-state index contributed by atoms with van der Waals surface area (Å²) < 4.78 is 10.6. The fourth-order valence-electron chi connectivity index (χ4n) is 6.33. The van der Waals surface area contributed by atoms with Crippen molar-refractivity contribution in [1.82, 2.24) is 20.9 Å². The van der Waals surface area contributed by atoms with Crippen LogP contribution in [0.3, 0.4) is 0 Å². The number of benzene rings is 2. The highest BCUT2D eigenvalue weighted by Crippen LogP contribution is 2.27. The van der Waals surface area contributed by atoms with Crippen LogP contribution < -0.4 is 20.7 Å². The smallest absolute Gasteiger partial charge is 0.243 e. The van der Waals surface area contributed by atoms with Crippen molar-refractivity contribution in [2.24, 2.45) is 17.3 Å². The summed E-state index contributed by atoms with van der Waals surface area (Å²) in [6.45, 7) is 7.84. The number of halogens is 2. The predicted octanol–water partition coefficient (Wildman–Crippen LogP) is 4.33. The van der Waals surface area contributed by atoms with Crippen LogP contribution in [0.25, 0.3) is 11.1 Å². The lowest BCUT2D eigenvalue weighted by atomic mass is 9.84. The average molecular weight is 758 g/mol. The Hall–Kier alpha value is -3.74. The highest BCUT2D eigenvalue weighted by Gasteiger charge is 2.37. The van der Waals surface area contributed by atoms with E-state index in [9.17, 15) is 24.6 Å². The summed E-state index contributed by atoms with van der Waals surface area (Å²) >= 11 is 12.3. The maximum atomic E-state index is 14.0. The van der Waals surface area contributed by atoms with E-state index in [4.69, 9.17) is 32.7 Å². The number of pyridine rings is 1. The van der Waals surface area contributed by atoms with Crippen LogP contribution in [0.1, 0.15) is 45.2 Å². The number of aliphatic hydroxyl groups excluding tert-OH is 2. The number of nitrogens with one attached hydrogen (secondary N) is 3. The quantitative estimate of drug-likeness (QED) is 0.144. The van der Waals surface area contributed by atoms with Crippen molar-refractivity contribution in [2.45, 2.75) is 77.3 Å². The second kappa shape index (κ2) is 18.8. The molecule has 13 heteroatoms.